The molecule has 0 aromatic heterocycles. The van der Waals surface area contributed by atoms with E-state index >= 15 is 0 Å². The van der Waals surface area contributed by atoms with Gasteiger partial charge in [-0.25, -0.2) is 4.90 Å². The molecule has 0 N–H and O–H groups in total. The molecule has 1 aliphatic rings. The minimum Gasteiger partial charge on any atom is -0.496 e. The monoisotopic (exact) mass is 331 g/mol. The molecule has 2 aromatic carbocycles. The number of carbonyl (C=O) groups is 2. The van der Waals surface area contributed by atoms with E-state index < -0.39 is 0 Å². The van der Waals surface area contributed by atoms with Gasteiger partial charge in [0.2, 0.25) is 0 Å². The van der Waals surface area contributed by atoms with Crippen LogP contribution in [-0.4, -0.2) is 18.9 Å². The van der Waals surface area contributed by atoms with Gasteiger partial charge in [0.15, 0.2) is 0 Å². The Bertz CT molecular complexity index is 692. The molecule has 0 radical (unpaired) electrons. The van der Waals surface area contributed by atoms with Crippen LogP contribution in [0.25, 0.3) is 0 Å². The Balaban J connectivity index is 2.07. The zero-order valence-corrected chi connectivity index (χ0v) is 12.2. The summed E-state index contributed by atoms with van der Waals surface area (Å²) in [5.41, 5.74) is 1.39. The molecule has 100 valence electrons. The lowest BCUT2D eigenvalue weighted by Crippen LogP contribution is -2.29. The molecule has 0 spiro atoms. The molecule has 5 heteroatoms. The second-order valence-corrected chi connectivity index (χ2v) is 5.16. The van der Waals surface area contributed by atoms with Gasteiger partial charge in [-0.1, -0.05) is 12.1 Å². The number of imide groups is 1. The van der Waals surface area contributed by atoms with Gasteiger partial charge in [-0.15, -0.1) is 0 Å². The molecule has 1 aliphatic heterocycles. The maximum Gasteiger partial charge on any atom is 0.266 e. The molecule has 0 saturated heterocycles. The Morgan fingerprint density at radius 3 is 2.10 bits per heavy atom. The van der Waals surface area contributed by atoms with Crippen molar-refractivity contribution in [3.8, 4) is 5.75 Å². The Labute approximate surface area is 124 Å². The normalized spacial score (nSPS) is 13.6. The highest BCUT2D eigenvalue weighted by Gasteiger charge is 2.36. The first-order valence-electron chi connectivity index (χ1n) is 5.95. The average Bonchev–Trinajstić information content (AvgIpc) is 2.71. The highest BCUT2D eigenvalue weighted by Crippen LogP contribution is 2.33. The van der Waals surface area contributed by atoms with Gasteiger partial charge in [0.05, 0.1) is 28.4 Å². The van der Waals surface area contributed by atoms with Crippen LogP contribution in [0.3, 0.4) is 0 Å². The molecule has 2 aromatic rings. The molecule has 3 rings (SSSR count). The van der Waals surface area contributed by atoms with Crippen LogP contribution in [0, 0.1) is 0 Å². The largest absolute Gasteiger partial charge is 0.496 e. The van der Waals surface area contributed by atoms with Crippen LogP contribution in [0.5, 0.6) is 5.75 Å². The van der Waals surface area contributed by atoms with Crippen molar-refractivity contribution in [1.29, 1.82) is 0 Å². The number of nitrogens with zero attached hydrogens (tertiary/aromatic N) is 1. The predicted octanol–water partition coefficient (Wildman–Crippen LogP) is 3.26. The molecule has 20 heavy (non-hydrogen) atoms. The van der Waals surface area contributed by atoms with Crippen LogP contribution in [0.2, 0.25) is 0 Å². The lowest BCUT2D eigenvalue weighted by Gasteiger charge is -2.15. The quantitative estimate of drug-likeness (QED) is 0.793. The fourth-order valence-corrected chi connectivity index (χ4v) is 2.75. The average molecular weight is 332 g/mol. The Hall–Kier alpha value is -2.14. The molecule has 0 saturated carbocycles. The van der Waals surface area contributed by atoms with E-state index in [0.717, 1.165) is 0 Å². The maximum atomic E-state index is 12.3. The minimum absolute atomic E-state index is 0.303. The fourth-order valence-electron chi connectivity index (χ4n) is 2.22. The van der Waals surface area contributed by atoms with Crippen LogP contribution in [0.1, 0.15) is 20.7 Å². The van der Waals surface area contributed by atoms with Crippen molar-refractivity contribution in [3.05, 3.63) is 58.1 Å². The molecule has 0 aliphatic carbocycles. The number of carbonyl (C=O) groups excluding carboxylic acids is 2. The molecule has 4 nitrogen and oxygen atoms in total. The van der Waals surface area contributed by atoms with Gasteiger partial charge in [0, 0.05) is 0 Å². The van der Waals surface area contributed by atoms with Gasteiger partial charge in [-0.2, -0.15) is 0 Å². The summed E-state index contributed by atoms with van der Waals surface area (Å²) in [6.45, 7) is 0. The first-order chi connectivity index (χ1) is 9.63. The van der Waals surface area contributed by atoms with Gasteiger partial charge >= 0.3 is 0 Å². The second kappa shape index (κ2) is 4.76. The molecule has 0 fully saturated rings. The number of anilines is 1. The third-order valence-corrected chi connectivity index (χ3v) is 3.81. The number of hydrogen-bond acceptors (Lipinski definition) is 3. The summed E-state index contributed by atoms with van der Waals surface area (Å²) in [4.78, 5) is 25.8. The van der Waals surface area contributed by atoms with E-state index in [2.05, 4.69) is 15.9 Å². The summed E-state index contributed by atoms with van der Waals surface area (Å²) >= 11 is 3.36. The molecular formula is C15H10BrNO3. The van der Waals surface area contributed by atoms with Crippen molar-refractivity contribution in [2.45, 2.75) is 0 Å². The summed E-state index contributed by atoms with van der Waals surface area (Å²) in [5, 5.41) is 0. The third kappa shape index (κ3) is 1.82. The van der Waals surface area contributed by atoms with E-state index in [-0.39, 0.29) is 11.8 Å². The highest BCUT2D eigenvalue weighted by molar-refractivity contribution is 9.10. The zero-order valence-electron chi connectivity index (χ0n) is 10.6. The van der Waals surface area contributed by atoms with Crippen LogP contribution in [-0.2, 0) is 0 Å². The van der Waals surface area contributed by atoms with Crippen molar-refractivity contribution < 1.29 is 14.3 Å². The first kappa shape index (κ1) is 12.9. The van der Waals surface area contributed by atoms with E-state index in [9.17, 15) is 9.59 Å². The second-order valence-electron chi connectivity index (χ2n) is 4.31. The van der Waals surface area contributed by atoms with Crippen molar-refractivity contribution >= 4 is 33.4 Å². The van der Waals surface area contributed by atoms with Crippen LogP contribution < -0.4 is 9.64 Å². The number of fused-ring (bicyclic) bond motifs is 1. The number of methoxy groups -OCH3 is 1. The van der Waals surface area contributed by atoms with E-state index in [4.69, 9.17) is 4.74 Å². The summed E-state index contributed by atoms with van der Waals surface area (Å²) in [5.74, 6) is 0.0377. The molecular weight excluding hydrogens is 322 g/mol. The van der Waals surface area contributed by atoms with Gasteiger partial charge in [-0.3, -0.25) is 9.59 Å². The zero-order chi connectivity index (χ0) is 14.3. The van der Waals surface area contributed by atoms with Crippen LogP contribution in [0.15, 0.2) is 46.9 Å². The number of hydrogen-bond donors (Lipinski definition) is 0. The number of rotatable bonds is 2. The lowest BCUT2D eigenvalue weighted by molar-refractivity contribution is 0.0926. The summed E-state index contributed by atoms with van der Waals surface area (Å²) < 4.78 is 5.83. The summed E-state index contributed by atoms with van der Waals surface area (Å²) in [7, 11) is 1.56. The summed E-state index contributed by atoms with van der Waals surface area (Å²) in [6, 6.07) is 11.9. The number of amides is 2. The lowest BCUT2D eigenvalue weighted by atomic mass is 10.1. The van der Waals surface area contributed by atoms with Gasteiger partial charge < -0.3 is 4.74 Å². The van der Waals surface area contributed by atoms with E-state index in [0.29, 0.717) is 27.0 Å². The first-order valence-corrected chi connectivity index (χ1v) is 6.74. The molecule has 0 atom stereocenters. The highest BCUT2D eigenvalue weighted by atomic mass is 79.9. The topological polar surface area (TPSA) is 46.6 Å². The third-order valence-electron chi connectivity index (χ3n) is 3.19. The molecule has 2 amide bonds. The fraction of sp³-hybridized carbons (Fsp3) is 0.0667. The smallest absolute Gasteiger partial charge is 0.266 e. The van der Waals surface area contributed by atoms with E-state index in [1.165, 1.54) is 4.90 Å². The summed E-state index contributed by atoms with van der Waals surface area (Å²) in [6.07, 6.45) is 0. The minimum atomic E-state index is -0.303. The SMILES string of the molecule is COc1ccc(N2C(=O)c3ccccc3C2=O)cc1Br. The van der Waals surface area contributed by atoms with E-state index in [1.54, 1.807) is 49.6 Å². The number of benzene rings is 2. The van der Waals surface area contributed by atoms with Gasteiger partial charge in [0.25, 0.3) is 11.8 Å². The Morgan fingerprint density at radius 2 is 1.60 bits per heavy atom. The molecule has 0 unspecified atom stereocenters. The van der Waals surface area contributed by atoms with Gasteiger partial charge in [-0.05, 0) is 46.3 Å². The van der Waals surface area contributed by atoms with Gasteiger partial charge in [0.1, 0.15) is 5.75 Å². The standard InChI is InChI=1S/C15H10BrNO3/c1-20-13-7-6-9(8-12(13)16)17-14(18)10-4-2-3-5-11(10)15(17)19/h2-8H,1H3. The Morgan fingerprint density at radius 1 is 1.00 bits per heavy atom. The Kier molecular flexibility index (Phi) is 3.06. The van der Waals surface area contributed by atoms with Crippen LogP contribution >= 0.6 is 15.9 Å². The van der Waals surface area contributed by atoms with Crippen molar-refractivity contribution in [3.63, 3.8) is 0 Å². The van der Waals surface area contributed by atoms with Crippen molar-refractivity contribution in [1.82, 2.24) is 0 Å². The van der Waals surface area contributed by atoms with Crippen molar-refractivity contribution in [2.75, 3.05) is 12.0 Å². The maximum absolute atomic E-state index is 12.3. The number of ether oxygens (including phenoxy) is 1. The van der Waals surface area contributed by atoms with E-state index in [1.807, 2.05) is 0 Å². The number of halogens is 1. The van der Waals surface area contributed by atoms with Crippen LogP contribution in [0.4, 0.5) is 5.69 Å². The predicted molar refractivity (Wildman–Crippen MR) is 78.3 cm³/mol. The molecule has 0 bridgehead atoms. The molecule has 1 heterocycles. The van der Waals surface area contributed by atoms with Crippen molar-refractivity contribution in [2.24, 2.45) is 0 Å².